The molecular weight excluding hydrogens is 324 g/mol. The molecule has 2 N–H and O–H groups in total. The van der Waals surface area contributed by atoms with Crippen molar-refractivity contribution in [1.82, 2.24) is 10.3 Å². The summed E-state index contributed by atoms with van der Waals surface area (Å²) < 4.78 is 23.9. The van der Waals surface area contributed by atoms with Gasteiger partial charge in [0.1, 0.15) is 0 Å². The number of unbranched alkanes of at least 4 members (excludes halogenated alkanes) is 8. The zero-order valence-electron chi connectivity index (χ0n) is 14.6. The van der Waals surface area contributed by atoms with Crippen molar-refractivity contribution in [2.75, 3.05) is 0 Å². The molecule has 0 radical (unpaired) electrons. The number of carbonyl (C=O) groups excluding carboxylic acids is 1. The summed E-state index contributed by atoms with van der Waals surface area (Å²) in [6.45, 7) is 2.21. The molecule has 5 nitrogen and oxygen atoms in total. The van der Waals surface area contributed by atoms with Gasteiger partial charge >= 0.3 is 0 Å². The average Bonchev–Trinajstić information content (AvgIpc) is 2.59. The van der Waals surface area contributed by atoms with Crippen LogP contribution in [0.5, 0.6) is 0 Å². The van der Waals surface area contributed by atoms with Gasteiger partial charge in [0.25, 0.3) is 10.0 Å². The smallest absolute Gasteiger partial charge is 0.257 e. The lowest BCUT2D eigenvalue weighted by molar-refractivity contribution is -0.121. The van der Waals surface area contributed by atoms with Crippen LogP contribution in [0.25, 0.3) is 0 Å². The molecule has 1 aromatic carbocycles. The minimum atomic E-state index is -3.69. The maximum absolute atomic E-state index is 11.9. The molecule has 1 aromatic rings. The molecule has 0 bridgehead atoms. The van der Waals surface area contributed by atoms with Gasteiger partial charge in [0, 0.05) is 6.42 Å². The Balaban J connectivity index is 2.08. The number of carbonyl (C=O) groups is 1. The van der Waals surface area contributed by atoms with Gasteiger partial charge < -0.3 is 0 Å². The first-order chi connectivity index (χ1) is 11.6. The van der Waals surface area contributed by atoms with Crippen molar-refractivity contribution in [1.29, 1.82) is 0 Å². The summed E-state index contributed by atoms with van der Waals surface area (Å²) >= 11 is 0. The molecule has 0 atom stereocenters. The monoisotopic (exact) mass is 354 g/mol. The molecule has 24 heavy (non-hydrogen) atoms. The lowest BCUT2D eigenvalue weighted by atomic mass is 10.1. The summed E-state index contributed by atoms with van der Waals surface area (Å²) in [7, 11) is -3.69. The first-order valence-electron chi connectivity index (χ1n) is 8.92. The highest BCUT2D eigenvalue weighted by Gasteiger charge is 2.13. The van der Waals surface area contributed by atoms with Crippen molar-refractivity contribution >= 4 is 15.9 Å². The van der Waals surface area contributed by atoms with Gasteiger partial charge in [-0.15, -0.1) is 4.83 Å². The van der Waals surface area contributed by atoms with Crippen LogP contribution in [-0.2, 0) is 14.8 Å². The SMILES string of the molecule is CCCCCCCCCCCC(=O)NNS(=O)(=O)c1ccccc1. The second-order valence-electron chi connectivity index (χ2n) is 6.05. The van der Waals surface area contributed by atoms with Crippen molar-refractivity contribution in [2.45, 2.75) is 76.0 Å². The first-order valence-corrected chi connectivity index (χ1v) is 10.4. The van der Waals surface area contributed by atoms with Gasteiger partial charge in [-0.3, -0.25) is 10.2 Å². The van der Waals surface area contributed by atoms with Crippen molar-refractivity contribution in [2.24, 2.45) is 0 Å². The van der Waals surface area contributed by atoms with E-state index in [1.807, 2.05) is 0 Å². The molecule has 1 amide bonds. The third-order valence-electron chi connectivity index (χ3n) is 3.89. The predicted molar refractivity (Wildman–Crippen MR) is 96.8 cm³/mol. The standard InChI is InChI=1S/C18H30N2O3S/c1-2-3-4-5-6-7-8-9-13-16-18(21)19-20-24(22,23)17-14-11-10-12-15-17/h10-12,14-15,20H,2-9,13,16H2,1H3,(H,19,21). The van der Waals surface area contributed by atoms with Gasteiger partial charge in [0.05, 0.1) is 4.90 Å². The number of amides is 1. The van der Waals surface area contributed by atoms with Crippen LogP contribution in [0, 0.1) is 0 Å². The number of nitrogens with one attached hydrogen (secondary N) is 2. The number of hydrogen-bond acceptors (Lipinski definition) is 3. The second-order valence-corrected chi connectivity index (χ2v) is 7.73. The average molecular weight is 355 g/mol. The lowest BCUT2D eigenvalue weighted by Gasteiger charge is -2.08. The van der Waals surface area contributed by atoms with E-state index in [9.17, 15) is 13.2 Å². The van der Waals surface area contributed by atoms with Gasteiger partial charge in [-0.2, -0.15) is 0 Å². The fourth-order valence-electron chi connectivity index (χ4n) is 2.44. The topological polar surface area (TPSA) is 75.3 Å². The van der Waals surface area contributed by atoms with Crippen LogP contribution in [0.4, 0.5) is 0 Å². The predicted octanol–water partition coefficient (Wildman–Crippen LogP) is 3.92. The molecule has 0 fully saturated rings. The third-order valence-corrected chi connectivity index (χ3v) is 5.15. The minimum Gasteiger partial charge on any atom is -0.278 e. The second kappa shape index (κ2) is 12.0. The van der Waals surface area contributed by atoms with Crippen LogP contribution >= 0.6 is 0 Å². The molecule has 0 aromatic heterocycles. The van der Waals surface area contributed by atoms with Gasteiger partial charge in [-0.1, -0.05) is 76.5 Å². The molecule has 0 unspecified atom stereocenters. The van der Waals surface area contributed by atoms with Crippen molar-refractivity contribution in [3.63, 3.8) is 0 Å². The quantitative estimate of drug-likeness (QED) is 0.416. The summed E-state index contributed by atoms with van der Waals surface area (Å²) in [5.41, 5.74) is 2.27. The number of hydrogen-bond donors (Lipinski definition) is 2. The van der Waals surface area contributed by atoms with Crippen LogP contribution in [0.2, 0.25) is 0 Å². The van der Waals surface area contributed by atoms with Crippen LogP contribution in [0.15, 0.2) is 35.2 Å². The summed E-state index contributed by atoms with van der Waals surface area (Å²) in [5.74, 6) is -0.294. The molecule has 0 saturated heterocycles. The van der Waals surface area contributed by atoms with Crippen LogP contribution < -0.4 is 10.3 Å². The Bertz CT molecular complexity index is 559. The summed E-state index contributed by atoms with van der Waals surface area (Å²) in [6.07, 6.45) is 11.0. The Morgan fingerprint density at radius 3 is 2.00 bits per heavy atom. The summed E-state index contributed by atoms with van der Waals surface area (Å²) in [6, 6.07) is 7.97. The highest BCUT2D eigenvalue weighted by molar-refractivity contribution is 7.89. The van der Waals surface area contributed by atoms with Crippen molar-refractivity contribution in [3.05, 3.63) is 30.3 Å². The minimum absolute atomic E-state index is 0.133. The third kappa shape index (κ3) is 9.03. The molecule has 0 saturated carbocycles. The van der Waals surface area contributed by atoms with E-state index in [2.05, 4.69) is 17.2 Å². The van der Waals surface area contributed by atoms with Gasteiger partial charge in [0.15, 0.2) is 0 Å². The van der Waals surface area contributed by atoms with Gasteiger partial charge in [-0.05, 0) is 18.6 Å². The molecule has 0 heterocycles. The Kier molecular flexibility index (Phi) is 10.4. The maximum Gasteiger partial charge on any atom is 0.257 e. The normalized spacial score (nSPS) is 11.4. The molecule has 1 rings (SSSR count). The van der Waals surface area contributed by atoms with Gasteiger partial charge in [-0.25, -0.2) is 8.42 Å². The number of hydrazine groups is 1. The van der Waals surface area contributed by atoms with E-state index in [-0.39, 0.29) is 10.8 Å². The fourth-order valence-corrected chi connectivity index (χ4v) is 3.32. The fraction of sp³-hybridized carbons (Fsp3) is 0.611. The zero-order chi connectivity index (χ0) is 17.7. The Hall–Kier alpha value is -1.40. The van der Waals surface area contributed by atoms with E-state index < -0.39 is 10.0 Å². The van der Waals surface area contributed by atoms with Crippen LogP contribution in [0.3, 0.4) is 0 Å². The molecule has 0 aliphatic rings. The van der Waals surface area contributed by atoms with E-state index >= 15 is 0 Å². The van der Waals surface area contributed by atoms with E-state index in [0.29, 0.717) is 6.42 Å². The maximum atomic E-state index is 11.9. The summed E-state index contributed by atoms with van der Waals surface area (Å²) in [5, 5.41) is 0. The highest BCUT2D eigenvalue weighted by atomic mass is 32.2. The van der Waals surface area contributed by atoms with Crippen LogP contribution in [-0.4, -0.2) is 14.3 Å². The van der Waals surface area contributed by atoms with Crippen molar-refractivity contribution < 1.29 is 13.2 Å². The molecule has 136 valence electrons. The highest BCUT2D eigenvalue weighted by Crippen LogP contribution is 2.10. The van der Waals surface area contributed by atoms with E-state index in [0.717, 1.165) is 19.3 Å². The molecule has 6 heteroatoms. The molecule has 0 aliphatic heterocycles. The number of benzene rings is 1. The number of sulfonamides is 1. The van der Waals surface area contributed by atoms with E-state index in [1.165, 1.54) is 50.7 Å². The van der Waals surface area contributed by atoms with E-state index in [1.54, 1.807) is 18.2 Å². The molecule has 0 aliphatic carbocycles. The number of rotatable bonds is 13. The zero-order valence-corrected chi connectivity index (χ0v) is 15.4. The Morgan fingerprint density at radius 1 is 0.875 bits per heavy atom. The first kappa shape index (κ1) is 20.6. The largest absolute Gasteiger partial charge is 0.278 e. The Morgan fingerprint density at radius 2 is 1.42 bits per heavy atom. The molecule has 0 spiro atoms. The van der Waals surface area contributed by atoms with Gasteiger partial charge in [0.2, 0.25) is 5.91 Å². The van der Waals surface area contributed by atoms with Crippen LogP contribution in [0.1, 0.15) is 71.1 Å². The van der Waals surface area contributed by atoms with Crippen molar-refractivity contribution in [3.8, 4) is 0 Å². The Labute approximate surface area is 146 Å². The van der Waals surface area contributed by atoms with E-state index in [4.69, 9.17) is 0 Å². The lowest BCUT2D eigenvalue weighted by Crippen LogP contribution is -2.41. The molecular formula is C18H30N2O3S. The summed E-state index contributed by atoms with van der Waals surface area (Å²) in [4.78, 5) is 14.0.